The van der Waals surface area contributed by atoms with Crippen molar-refractivity contribution in [3.8, 4) is 0 Å². The van der Waals surface area contributed by atoms with E-state index in [1.807, 2.05) is 0 Å². The number of carbonyl (C=O) groups is 2. The fourth-order valence-corrected chi connectivity index (χ4v) is 4.06. The minimum Gasteiger partial charge on any atom is -0.463 e. The van der Waals surface area contributed by atoms with Crippen molar-refractivity contribution < 1.29 is 59.6 Å². The Bertz CT molecular complexity index is 1170. The first-order valence-electron chi connectivity index (χ1n) is 12.1. The summed E-state index contributed by atoms with van der Waals surface area (Å²) in [6, 6.07) is 12.5. The molecular formula is C28H30F6O7. The van der Waals surface area contributed by atoms with Gasteiger partial charge in [0.2, 0.25) is 0 Å². The molecule has 0 aliphatic heterocycles. The molecule has 0 spiro atoms. The largest absolute Gasteiger partial charge is 0.463 e. The molecule has 2 aromatic rings. The Morgan fingerprint density at radius 3 is 1.51 bits per heavy atom. The van der Waals surface area contributed by atoms with E-state index >= 15 is 0 Å². The first-order chi connectivity index (χ1) is 19.2. The van der Waals surface area contributed by atoms with Crippen LogP contribution in [-0.4, -0.2) is 64.9 Å². The first kappa shape index (κ1) is 33.8. The zero-order chi connectivity index (χ0) is 30.9. The van der Waals surface area contributed by atoms with E-state index in [0.29, 0.717) is 0 Å². The molecule has 0 saturated carbocycles. The van der Waals surface area contributed by atoms with Crippen LogP contribution in [0.5, 0.6) is 0 Å². The van der Waals surface area contributed by atoms with Crippen LogP contribution in [0.1, 0.15) is 24.5 Å². The average Bonchev–Trinajstić information content (AvgIpc) is 2.92. The van der Waals surface area contributed by atoms with Crippen LogP contribution < -0.4 is 0 Å². The quantitative estimate of drug-likeness (QED) is 0.169. The van der Waals surface area contributed by atoms with Gasteiger partial charge in [-0.25, -0.2) is 9.59 Å². The molecule has 13 heteroatoms. The van der Waals surface area contributed by atoms with Crippen molar-refractivity contribution in [1.29, 1.82) is 0 Å². The number of halogens is 6. The number of benzene rings is 2. The maximum atomic E-state index is 14.0. The predicted molar refractivity (Wildman–Crippen MR) is 133 cm³/mol. The predicted octanol–water partition coefficient (Wildman–Crippen LogP) is 5.63. The van der Waals surface area contributed by atoms with E-state index < -0.39 is 65.9 Å². The van der Waals surface area contributed by atoms with Crippen molar-refractivity contribution in [1.82, 2.24) is 0 Å². The lowest BCUT2D eigenvalue weighted by Gasteiger charge is -2.32. The second kappa shape index (κ2) is 14.0. The van der Waals surface area contributed by atoms with Gasteiger partial charge >= 0.3 is 24.3 Å². The Morgan fingerprint density at radius 1 is 0.732 bits per heavy atom. The third kappa shape index (κ3) is 7.27. The number of carbonyl (C=O) groups excluding carboxylic acids is 2. The summed E-state index contributed by atoms with van der Waals surface area (Å²) in [6.07, 6.45) is -9.91. The van der Waals surface area contributed by atoms with Gasteiger partial charge in [0, 0.05) is 38.9 Å². The molecule has 0 radical (unpaired) electrons. The first-order valence-corrected chi connectivity index (χ1v) is 12.1. The normalized spacial score (nSPS) is 16.3. The second-order valence-electron chi connectivity index (χ2n) is 8.79. The van der Waals surface area contributed by atoms with Crippen molar-refractivity contribution in [3.05, 3.63) is 83.4 Å². The van der Waals surface area contributed by atoms with E-state index in [4.69, 9.17) is 14.2 Å². The minimum atomic E-state index is -5.15. The lowest BCUT2D eigenvalue weighted by molar-refractivity contribution is -0.277. The number of esters is 2. The third-order valence-corrected chi connectivity index (χ3v) is 6.19. The van der Waals surface area contributed by atoms with E-state index in [1.54, 1.807) is 0 Å². The highest BCUT2D eigenvalue weighted by Gasteiger charge is 2.65. The van der Waals surface area contributed by atoms with Crippen molar-refractivity contribution in [2.75, 3.05) is 34.5 Å². The van der Waals surface area contributed by atoms with Gasteiger partial charge in [-0.1, -0.05) is 66.7 Å². The molecule has 0 N–H and O–H groups in total. The summed E-state index contributed by atoms with van der Waals surface area (Å²) >= 11 is 0. The summed E-state index contributed by atoms with van der Waals surface area (Å²) in [4.78, 5) is 25.3. The Balaban J connectivity index is 2.10. The maximum absolute atomic E-state index is 14.0. The summed E-state index contributed by atoms with van der Waals surface area (Å²) in [6.45, 7) is 0.329. The standard InChI is InChI=1S/C28H30F6O7/c1-19(18-41-24(36)26(39-4,28(32,33)34)21-13-9-6-10-14-21)17-22(37-2)15-16-40-23(35)25(38-3,27(29,30)31)20-11-7-5-8-12-20/h5-14,17,22H,15-16,18H2,1-4H3/b19-17+/t22-,25-,26-/m0/s1. The van der Waals surface area contributed by atoms with Crippen molar-refractivity contribution in [2.24, 2.45) is 0 Å². The van der Waals surface area contributed by atoms with Gasteiger partial charge in [-0.3, -0.25) is 0 Å². The Labute approximate surface area is 233 Å². The van der Waals surface area contributed by atoms with Gasteiger partial charge < -0.3 is 23.7 Å². The van der Waals surface area contributed by atoms with Crippen LogP contribution in [0.25, 0.3) is 0 Å². The highest BCUT2D eigenvalue weighted by molar-refractivity contribution is 5.83. The van der Waals surface area contributed by atoms with Gasteiger partial charge in [0.15, 0.2) is 0 Å². The molecule has 3 atom stereocenters. The molecule has 0 aliphatic rings. The summed E-state index contributed by atoms with van der Waals surface area (Å²) in [5, 5.41) is 0. The lowest BCUT2D eigenvalue weighted by Crippen LogP contribution is -2.51. The topological polar surface area (TPSA) is 80.3 Å². The molecule has 0 amide bonds. The summed E-state index contributed by atoms with van der Waals surface area (Å²) in [5.74, 6) is -3.38. The highest BCUT2D eigenvalue weighted by atomic mass is 19.4. The Hall–Kier alpha value is -3.42. The van der Waals surface area contributed by atoms with Crippen molar-refractivity contribution in [2.45, 2.75) is 43.0 Å². The summed E-state index contributed by atoms with van der Waals surface area (Å²) < 4.78 is 108. The van der Waals surface area contributed by atoms with Crippen LogP contribution in [0.4, 0.5) is 26.3 Å². The minimum absolute atomic E-state index is 0.130. The van der Waals surface area contributed by atoms with Crippen molar-refractivity contribution in [3.63, 3.8) is 0 Å². The van der Waals surface area contributed by atoms with Gasteiger partial charge in [-0.05, 0) is 12.5 Å². The summed E-state index contributed by atoms with van der Waals surface area (Å²) in [5.41, 5.74) is -7.42. The van der Waals surface area contributed by atoms with Gasteiger partial charge in [-0.2, -0.15) is 26.3 Å². The number of rotatable bonds is 13. The molecule has 2 aromatic carbocycles. The fraction of sp³-hybridized carbons (Fsp3) is 0.429. The van der Waals surface area contributed by atoms with Crippen LogP contribution in [0, 0.1) is 0 Å². The maximum Gasteiger partial charge on any atom is 0.432 e. The molecule has 0 unspecified atom stereocenters. The Morgan fingerprint density at radius 2 is 1.15 bits per heavy atom. The number of ether oxygens (including phenoxy) is 5. The monoisotopic (exact) mass is 592 g/mol. The van der Waals surface area contributed by atoms with Gasteiger partial charge in [0.05, 0.1) is 12.7 Å². The number of hydrogen-bond acceptors (Lipinski definition) is 7. The van der Waals surface area contributed by atoms with Crippen LogP contribution >= 0.6 is 0 Å². The average molecular weight is 593 g/mol. The molecule has 0 aliphatic carbocycles. The molecule has 0 saturated heterocycles. The lowest BCUT2D eigenvalue weighted by atomic mass is 9.92. The highest BCUT2D eigenvalue weighted by Crippen LogP contribution is 2.44. The van der Waals surface area contributed by atoms with Gasteiger partial charge in [-0.15, -0.1) is 0 Å². The molecule has 0 bridgehead atoms. The number of hydrogen-bond donors (Lipinski definition) is 0. The van der Waals surface area contributed by atoms with Gasteiger partial charge in [0.1, 0.15) is 6.61 Å². The molecule has 41 heavy (non-hydrogen) atoms. The fourth-order valence-electron chi connectivity index (χ4n) is 4.06. The van der Waals surface area contributed by atoms with E-state index in [2.05, 4.69) is 9.47 Å². The SMILES string of the molecule is CO[C@H](/C=C(\C)COC(=O)[C@@](OC)(c1ccccc1)C(F)(F)F)CCOC(=O)[C@@](OC)(c1ccccc1)C(F)(F)F. The van der Waals surface area contributed by atoms with E-state index in [-0.39, 0.29) is 12.0 Å². The van der Waals surface area contributed by atoms with E-state index in [1.165, 1.54) is 56.5 Å². The molecule has 7 nitrogen and oxygen atoms in total. The molecular weight excluding hydrogens is 562 g/mol. The molecule has 0 heterocycles. The second-order valence-corrected chi connectivity index (χ2v) is 8.79. The van der Waals surface area contributed by atoms with Crippen molar-refractivity contribution >= 4 is 11.9 Å². The summed E-state index contributed by atoms with van der Waals surface area (Å²) in [7, 11) is 2.74. The number of methoxy groups -OCH3 is 3. The van der Waals surface area contributed by atoms with E-state index in [0.717, 1.165) is 38.5 Å². The third-order valence-electron chi connectivity index (χ3n) is 6.19. The van der Waals surface area contributed by atoms with Crippen LogP contribution in [-0.2, 0) is 44.5 Å². The van der Waals surface area contributed by atoms with Crippen LogP contribution in [0.15, 0.2) is 72.3 Å². The zero-order valence-corrected chi connectivity index (χ0v) is 22.7. The molecule has 0 aromatic heterocycles. The van der Waals surface area contributed by atoms with Crippen LogP contribution in [0.3, 0.4) is 0 Å². The molecule has 2 rings (SSSR count). The molecule has 0 fully saturated rings. The van der Waals surface area contributed by atoms with Gasteiger partial charge in [0.25, 0.3) is 11.2 Å². The number of alkyl halides is 6. The Kier molecular flexibility index (Phi) is 11.5. The van der Waals surface area contributed by atoms with Crippen LogP contribution in [0.2, 0.25) is 0 Å². The molecule has 226 valence electrons. The van der Waals surface area contributed by atoms with E-state index in [9.17, 15) is 35.9 Å². The zero-order valence-electron chi connectivity index (χ0n) is 22.7. The smallest absolute Gasteiger partial charge is 0.432 e.